The van der Waals surface area contributed by atoms with Crippen molar-refractivity contribution in [1.29, 1.82) is 0 Å². The number of nitrogens with zero attached hydrogens (tertiary/aromatic N) is 1. The van der Waals surface area contributed by atoms with Crippen molar-refractivity contribution in [2.75, 3.05) is 13.6 Å². The van der Waals surface area contributed by atoms with Crippen molar-refractivity contribution < 1.29 is 9.90 Å². The molecular formula is C11H22N2O2. The van der Waals surface area contributed by atoms with Gasteiger partial charge in [-0.15, -0.1) is 0 Å². The van der Waals surface area contributed by atoms with Gasteiger partial charge in [0.25, 0.3) is 0 Å². The van der Waals surface area contributed by atoms with Crippen LogP contribution in [0.4, 0.5) is 0 Å². The molecule has 1 aliphatic carbocycles. The Morgan fingerprint density at radius 1 is 1.53 bits per heavy atom. The summed E-state index contributed by atoms with van der Waals surface area (Å²) in [4.78, 5) is 13.3. The first-order valence-electron chi connectivity index (χ1n) is 5.64. The molecule has 1 rings (SSSR count). The van der Waals surface area contributed by atoms with Gasteiger partial charge in [0.1, 0.15) is 0 Å². The number of carbonyl (C=O) groups is 1. The summed E-state index contributed by atoms with van der Waals surface area (Å²) in [6.07, 6.45) is 4.09. The van der Waals surface area contributed by atoms with Crippen LogP contribution in [0.25, 0.3) is 0 Å². The van der Waals surface area contributed by atoms with Gasteiger partial charge in [0, 0.05) is 25.6 Å². The number of aliphatic hydroxyl groups is 1. The van der Waals surface area contributed by atoms with Crippen LogP contribution in [0.5, 0.6) is 0 Å². The quantitative estimate of drug-likeness (QED) is 0.715. The van der Waals surface area contributed by atoms with Crippen LogP contribution in [0, 0.1) is 0 Å². The maximum atomic E-state index is 11.8. The lowest BCUT2D eigenvalue weighted by molar-refractivity contribution is -0.132. The molecule has 0 aliphatic heterocycles. The summed E-state index contributed by atoms with van der Waals surface area (Å²) in [7, 11) is 1.72. The predicted octanol–water partition coefficient (Wildman–Crippen LogP) is 0.487. The van der Waals surface area contributed by atoms with Crippen LogP contribution in [-0.4, -0.2) is 41.1 Å². The normalized spacial score (nSPS) is 21.3. The topological polar surface area (TPSA) is 66.6 Å². The van der Waals surface area contributed by atoms with E-state index in [1.807, 2.05) is 0 Å². The third kappa shape index (κ3) is 3.80. The largest absolute Gasteiger partial charge is 0.392 e. The van der Waals surface area contributed by atoms with Crippen LogP contribution in [0.15, 0.2) is 0 Å². The number of hydrogen-bond acceptors (Lipinski definition) is 3. The van der Waals surface area contributed by atoms with Crippen LogP contribution in [0.3, 0.4) is 0 Å². The van der Waals surface area contributed by atoms with Crippen molar-refractivity contribution in [3.8, 4) is 0 Å². The zero-order chi connectivity index (χ0) is 11.5. The summed E-state index contributed by atoms with van der Waals surface area (Å²) >= 11 is 0. The summed E-state index contributed by atoms with van der Waals surface area (Å²) in [5, 5.41) is 9.17. The molecule has 0 radical (unpaired) electrons. The molecule has 0 bridgehead atoms. The number of aliphatic hydroxyl groups excluding tert-OH is 1. The standard InChI is InChI=1S/C11H22N2O2/c1-9(14)8-13(2)10(15)7-11(12)5-3-4-6-11/h9,14H,3-8,12H2,1-2H3. The van der Waals surface area contributed by atoms with E-state index in [0.717, 1.165) is 25.7 Å². The molecule has 0 spiro atoms. The summed E-state index contributed by atoms with van der Waals surface area (Å²) in [6.45, 7) is 2.06. The Labute approximate surface area is 91.4 Å². The van der Waals surface area contributed by atoms with Gasteiger partial charge in [-0.25, -0.2) is 0 Å². The van der Waals surface area contributed by atoms with Crippen molar-refractivity contribution in [2.24, 2.45) is 5.73 Å². The Kier molecular flexibility index (Phi) is 4.11. The molecule has 0 heterocycles. The van der Waals surface area contributed by atoms with Gasteiger partial charge in [0.15, 0.2) is 0 Å². The van der Waals surface area contributed by atoms with E-state index in [1.165, 1.54) is 0 Å². The lowest BCUT2D eigenvalue weighted by atomic mass is 9.94. The van der Waals surface area contributed by atoms with E-state index in [2.05, 4.69) is 0 Å². The van der Waals surface area contributed by atoms with E-state index in [1.54, 1.807) is 18.9 Å². The van der Waals surface area contributed by atoms with Crippen molar-refractivity contribution in [3.05, 3.63) is 0 Å². The lowest BCUT2D eigenvalue weighted by Gasteiger charge is -2.26. The number of carbonyl (C=O) groups excluding carboxylic acids is 1. The number of amides is 1. The lowest BCUT2D eigenvalue weighted by Crippen LogP contribution is -2.44. The van der Waals surface area contributed by atoms with Crippen LogP contribution in [0.1, 0.15) is 39.0 Å². The van der Waals surface area contributed by atoms with Gasteiger partial charge in [-0.05, 0) is 19.8 Å². The zero-order valence-corrected chi connectivity index (χ0v) is 9.70. The van der Waals surface area contributed by atoms with Gasteiger partial charge >= 0.3 is 0 Å². The monoisotopic (exact) mass is 214 g/mol. The number of nitrogens with two attached hydrogens (primary N) is 1. The van der Waals surface area contributed by atoms with Gasteiger partial charge in [-0.1, -0.05) is 12.8 Å². The molecule has 1 fully saturated rings. The third-order valence-electron chi connectivity index (χ3n) is 3.07. The Morgan fingerprint density at radius 3 is 2.53 bits per heavy atom. The fourth-order valence-electron chi connectivity index (χ4n) is 2.19. The molecule has 1 amide bonds. The molecule has 1 unspecified atom stereocenters. The fraction of sp³-hybridized carbons (Fsp3) is 0.909. The molecule has 0 aromatic rings. The van der Waals surface area contributed by atoms with Gasteiger partial charge in [-0.3, -0.25) is 4.79 Å². The van der Waals surface area contributed by atoms with Crippen molar-refractivity contribution >= 4 is 5.91 Å². The first kappa shape index (κ1) is 12.5. The molecule has 3 N–H and O–H groups in total. The number of hydrogen-bond donors (Lipinski definition) is 2. The van der Waals surface area contributed by atoms with Gasteiger partial charge in [0.05, 0.1) is 6.10 Å². The average Bonchev–Trinajstić information content (AvgIpc) is 2.50. The molecule has 4 nitrogen and oxygen atoms in total. The van der Waals surface area contributed by atoms with E-state index in [0.29, 0.717) is 13.0 Å². The van der Waals surface area contributed by atoms with Crippen LogP contribution < -0.4 is 5.73 Å². The maximum Gasteiger partial charge on any atom is 0.224 e. The van der Waals surface area contributed by atoms with E-state index >= 15 is 0 Å². The second-order valence-corrected chi connectivity index (χ2v) is 4.87. The minimum absolute atomic E-state index is 0.0419. The molecule has 4 heteroatoms. The Morgan fingerprint density at radius 2 is 2.07 bits per heavy atom. The summed E-state index contributed by atoms with van der Waals surface area (Å²) in [5.41, 5.74) is 5.83. The number of rotatable bonds is 4. The zero-order valence-electron chi connectivity index (χ0n) is 9.70. The van der Waals surface area contributed by atoms with E-state index < -0.39 is 6.10 Å². The second kappa shape index (κ2) is 4.94. The van der Waals surface area contributed by atoms with Crippen LogP contribution in [-0.2, 0) is 4.79 Å². The van der Waals surface area contributed by atoms with Crippen molar-refractivity contribution in [2.45, 2.75) is 50.7 Å². The Bertz CT molecular complexity index is 223. The van der Waals surface area contributed by atoms with Crippen LogP contribution >= 0.6 is 0 Å². The van der Waals surface area contributed by atoms with E-state index in [-0.39, 0.29) is 11.4 Å². The highest BCUT2D eigenvalue weighted by Gasteiger charge is 2.32. The minimum atomic E-state index is -0.476. The smallest absolute Gasteiger partial charge is 0.224 e. The molecule has 1 atom stereocenters. The molecule has 0 saturated heterocycles. The minimum Gasteiger partial charge on any atom is -0.392 e. The van der Waals surface area contributed by atoms with E-state index in [4.69, 9.17) is 5.73 Å². The summed E-state index contributed by atoms with van der Waals surface area (Å²) < 4.78 is 0. The predicted molar refractivity (Wildman–Crippen MR) is 59.3 cm³/mol. The molecule has 88 valence electrons. The maximum absolute atomic E-state index is 11.8. The van der Waals surface area contributed by atoms with Gasteiger partial charge < -0.3 is 15.7 Å². The molecule has 15 heavy (non-hydrogen) atoms. The SMILES string of the molecule is CC(O)CN(C)C(=O)CC1(N)CCCC1. The average molecular weight is 214 g/mol. The third-order valence-corrected chi connectivity index (χ3v) is 3.07. The second-order valence-electron chi connectivity index (χ2n) is 4.87. The molecular weight excluding hydrogens is 192 g/mol. The van der Waals surface area contributed by atoms with Gasteiger partial charge in [-0.2, -0.15) is 0 Å². The van der Waals surface area contributed by atoms with Crippen molar-refractivity contribution in [3.63, 3.8) is 0 Å². The van der Waals surface area contributed by atoms with Crippen molar-refractivity contribution in [1.82, 2.24) is 4.90 Å². The number of likely N-dealkylation sites (N-methyl/N-ethyl adjacent to an activating group) is 1. The molecule has 1 saturated carbocycles. The molecule has 0 aromatic heterocycles. The highest BCUT2D eigenvalue weighted by atomic mass is 16.3. The van der Waals surface area contributed by atoms with Gasteiger partial charge in [0.2, 0.25) is 5.91 Å². The molecule has 0 aromatic carbocycles. The summed E-state index contributed by atoms with van der Waals surface area (Å²) in [5.74, 6) is 0.0419. The summed E-state index contributed by atoms with van der Waals surface area (Å²) in [6, 6.07) is 0. The first-order chi connectivity index (χ1) is 6.93. The van der Waals surface area contributed by atoms with Crippen LogP contribution in [0.2, 0.25) is 0 Å². The van der Waals surface area contributed by atoms with E-state index in [9.17, 15) is 9.90 Å². The Hall–Kier alpha value is -0.610. The first-order valence-corrected chi connectivity index (χ1v) is 5.64. The molecule has 1 aliphatic rings. The highest BCUT2D eigenvalue weighted by molar-refractivity contribution is 5.77. The fourth-order valence-corrected chi connectivity index (χ4v) is 2.19. The Balaban J connectivity index is 2.40. The highest BCUT2D eigenvalue weighted by Crippen LogP contribution is 2.30.